The average Bonchev–Trinajstić information content (AvgIpc) is 3.56. The van der Waals surface area contributed by atoms with Crippen molar-refractivity contribution in [1.82, 2.24) is 10.2 Å². The first-order valence-corrected chi connectivity index (χ1v) is 11.9. The number of hydrogen-bond donors (Lipinski definition) is 3. The Labute approximate surface area is 208 Å². The van der Waals surface area contributed by atoms with Crippen molar-refractivity contribution in [1.29, 1.82) is 0 Å². The van der Waals surface area contributed by atoms with Gasteiger partial charge in [-0.3, -0.25) is 14.4 Å². The lowest BCUT2D eigenvalue weighted by atomic mass is 9.77. The summed E-state index contributed by atoms with van der Waals surface area (Å²) in [5, 5.41) is 23.4. The fraction of sp³-hybridized carbons (Fsp3) is 0.560. The van der Waals surface area contributed by atoms with E-state index in [0.29, 0.717) is 48.5 Å². The van der Waals surface area contributed by atoms with Gasteiger partial charge in [0.15, 0.2) is 11.5 Å². The summed E-state index contributed by atoms with van der Waals surface area (Å²) in [5.41, 5.74) is 1.13. The number of ether oxygens (including phenoxy) is 4. The zero-order valence-electron chi connectivity index (χ0n) is 20.3. The molecule has 1 saturated heterocycles. The Bertz CT molecular complexity index is 1020. The SMILES string of the molecule is COCCN(C(=O)C1CCOC1)[C@@H]1C=C(C(=O)NCCO)[C@@H]2c3cc(C=O)cc(OC)c3O[C@@H]2[C@H]1O. The lowest BCUT2D eigenvalue weighted by Gasteiger charge is -2.41. The van der Waals surface area contributed by atoms with Gasteiger partial charge < -0.3 is 39.4 Å². The summed E-state index contributed by atoms with van der Waals surface area (Å²) in [5.74, 6) is -1.10. The van der Waals surface area contributed by atoms with Crippen LogP contribution in [0.15, 0.2) is 23.8 Å². The molecule has 36 heavy (non-hydrogen) atoms. The number of rotatable bonds is 10. The highest BCUT2D eigenvalue weighted by atomic mass is 16.5. The minimum absolute atomic E-state index is 0.0257. The molecule has 2 heterocycles. The van der Waals surface area contributed by atoms with Gasteiger partial charge in [0.1, 0.15) is 18.5 Å². The van der Waals surface area contributed by atoms with Crippen molar-refractivity contribution in [2.45, 2.75) is 30.6 Å². The normalized spacial score (nSPS) is 26.3. The van der Waals surface area contributed by atoms with Crippen LogP contribution in [-0.2, 0) is 19.1 Å². The fourth-order valence-electron chi connectivity index (χ4n) is 5.12. The van der Waals surface area contributed by atoms with Crippen molar-refractivity contribution >= 4 is 18.1 Å². The van der Waals surface area contributed by atoms with E-state index in [2.05, 4.69) is 5.32 Å². The molecule has 0 aromatic heterocycles. The molecule has 4 rings (SSSR count). The molecule has 1 aromatic rings. The molecule has 3 N–H and O–H groups in total. The van der Waals surface area contributed by atoms with E-state index < -0.39 is 30.1 Å². The number of methoxy groups -OCH3 is 2. The van der Waals surface area contributed by atoms with Crippen LogP contribution < -0.4 is 14.8 Å². The van der Waals surface area contributed by atoms with Gasteiger partial charge in [0, 0.05) is 43.5 Å². The molecular weight excluding hydrogens is 472 g/mol. The van der Waals surface area contributed by atoms with Crippen LogP contribution >= 0.6 is 0 Å². The van der Waals surface area contributed by atoms with Crippen LogP contribution in [0.2, 0.25) is 0 Å². The summed E-state index contributed by atoms with van der Waals surface area (Å²) in [4.78, 5) is 39.8. The minimum Gasteiger partial charge on any atom is -0.493 e. The molecule has 11 heteroatoms. The number of aliphatic hydroxyl groups is 2. The molecule has 2 amide bonds. The Balaban J connectivity index is 1.78. The summed E-state index contributed by atoms with van der Waals surface area (Å²) >= 11 is 0. The molecule has 0 bridgehead atoms. The maximum atomic E-state index is 13.5. The molecule has 196 valence electrons. The van der Waals surface area contributed by atoms with Gasteiger partial charge in [0.2, 0.25) is 11.8 Å². The quantitative estimate of drug-likeness (QED) is 0.364. The van der Waals surface area contributed by atoms with Crippen molar-refractivity contribution in [3.8, 4) is 11.5 Å². The van der Waals surface area contributed by atoms with E-state index >= 15 is 0 Å². The van der Waals surface area contributed by atoms with Crippen LogP contribution in [-0.4, -0.2) is 105 Å². The zero-order chi connectivity index (χ0) is 25.8. The van der Waals surface area contributed by atoms with E-state index in [1.165, 1.54) is 25.2 Å². The Morgan fingerprint density at radius 2 is 2.11 bits per heavy atom. The molecule has 1 unspecified atom stereocenters. The topological polar surface area (TPSA) is 144 Å². The highest BCUT2D eigenvalue weighted by Crippen LogP contribution is 2.51. The van der Waals surface area contributed by atoms with E-state index in [-0.39, 0.29) is 43.7 Å². The lowest BCUT2D eigenvalue weighted by Crippen LogP contribution is -2.57. The first-order valence-electron chi connectivity index (χ1n) is 11.9. The number of nitrogens with one attached hydrogen (secondary N) is 1. The van der Waals surface area contributed by atoms with Gasteiger partial charge in [-0.2, -0.15) is 0 Å². The Morgan fingerprint density at radius 3 is 2.75 bits per heavy atom. The Morgan fingerprint density at radius 1 is 1.31 bits per heavy atom. The molecule has 0 saturated carbocycles. The van der Waals surface area contributed by atoms with E-state index in [1.54, 1.807) is 12.1 Å². The number of amides is 2. The largest absolute Gasteiger partial charge is 0.493 e. The Hall–Kier alpha value is -2.99. The second-order valence-electron chi connectivity index (χ2n) is 8.99. The van der Waals surface area contributed by atoms with Gasteiger partial charge >= 0.3 is 0 Å². The van der Waals surface area contributed by atoms with Crippen molar-refractivity contribution in [3.63, 3.8) is 0 Å². The van der Waals surface area contributed by atoms with Crippen LogP contribution in [0, 0.1) is 5.92 Å². The maximum absolute atomic E-state index is 13.5. The van der Waals surface area contributed by atoms with E-state index in [4.69, 9.17) is 18.9 Å². The molecule has 5 atom stereocenters. The van der Waals surface area contributed by atoms with Gasteiger partial charge in [-0.1, -0.05) is 0 Å². The number of hydrogen-bond acceptors (Lipinski definition) is 9. The number of carbonyl (C=O) groups is 3. The number of nitrogens with zero attached hydrogens (tertiary/aromatic N) is 1. The average molecular weight is 505 g/mol. The third-order valence-electron chi connectivity index (χ3n) is 6.87. The molecule has 0 spiro atoms. The van der Waals surface area contributed by atoms with E-state index in [0.717, 1.165) is 0 Å². The van der Waals surface area contributed by atoms with Gasteiger partial charge in [0.25, 0.3) is 0 Å². The second kappa shape index (κ2) is 11.4. The van der Waals surface area contributed by atoms with Crippen LogP contribution in [0.3, 0.4) is 0 Å². The Kier molecular flexibility index (Phi) is 8.24. The van der Waals surface area contributed by atoms with Crippen LogP contribution in [0.1, 0.15) is 28.3 Å². The predicted molar refractivity (Wildman–Crippen MR) is 126 cm³/mol. The molecule has 0 radical (unpaired) electrons. The van der Waals surface area contributed by atoms with Gasteiger partial charge in [0.05, 0.1) is 44.8 Å². The minimum atomic E-state index is -1.19. The molecule has 2 aliphatic heterocycles. The van der Waals surface area contributed by atoms with E-state index in [9.17, 15) is 24.6 Å². The predicted octanol–water partition coefficient (Wildman–Crippen LogP) is -0.358. The number of fused-ring (bicyclic) bond motifs is 3. The summed E-state index contributed by atoms with van der Waals surface area (Å²) in [6, 6.07) is 2.26. The summed E-state index contributed by atoms with van der Waals surface area (Å²) in [7, 11) is 2.96. The highest BCUT2D eigenvalue weighted by Gasteiger charge is 2.51. The first-order chi connectivity index (χ1) is 17.4. The van der Waals surface area contributed by atoms with Gasteiger partial charge in [-0.25, -0.2) is 0 Å². The zero-order valence-corrected chi connectivity index (χ0v) is 20.3. The third kappa shape index (κ3) is 4.83. The standard InChI is InChI=1S/C25H32N2O9/c1-33-8-5-27(25(32)15-3-7-35-13-15)18-11-17(24(31)26-4-6-28)20-16-9-14(12-29)10-19(34-2)22(16)36-23(20)21(18)30/h9-12,15,18,20-21,23,28,30H,3-8,13H2,1-2H3,(H,26,31)/t15?,18-,20+,21+,23+/m1/s1. The maximum Gasteiger partial charge on any atom is 0.247 e. The molecular formula is C25H32N2O9. The lowest BCUT2D eigenvalue weighted by molar-refractivity contribution is -0.142. The van der Waals surface area contributed by atoms with Crippen molar-refractivity contribution in [3.05, 3.63) is 34.9 Å². The van der Waals surface area contributed by atoms with Gasteiger partial charge in [-0.15, -0.1) is 0 Å². The number of aldehydes is 1. The van der Waals surface area contributed by atoms with Crippen LogP contribution in [0.5, 0.6) is 11.5 Å². The molecule has 1 fully saturated rings. The van der Waals surface area contributed by atoms with Crippen molar-refractivity contribution in [2.24, 2.45) is 5.92 Å². The van der Waals surface area contributed by atoms with E-state index in [1.807, 2.05) is 0 Å². The number of benzene rings is 1. The highest BCUT2D eigenvalue weighted by molar-refractivity contribution is 5.96. The van der Waals surface area contributed by atoms with Crippen molar-refractivity contribution < 1.29 is 43.5 Å². The van der Waals surface area contributed by atoms with Crippen LogP contribution in [0.25, 0.3) is 0 Å². The summed E-state index contributed by atoms with van der Waals surface area (Å²) < 4.78 is 22.2. The fourth-order valence-corrected chi connectivity index (χ4v) is 5.12. The molecule has 11 nitrogen and oxygen atoms in total. The second-order valence-corrected chi connectivity index (χ2v) is 8.99. The van der Waals surface area contributed by atoms with Gasteiger partial charge in [-0.05, 0) is 24.6 Å². The number of carbonyl (C=O) groups excluding carboxylic acids is 3. The molecule has 1 aromatic carbocycles. The molecule has 3 aliphatic rings. The summed E-state index contributed by atoms with van der Waals surface area (Å²) in [6.45, 7) is 0.965. The van der Waals surface area contributed by atoms with Crippen LogP contribution in [0.4, 0.5) is 0 Å². The molecule has 1 aliphatic carbocycles. The monoisotopic (exact) mass is 504 g/mol. The third-order valence-corrected chi connectivity index (χ3v) is 6.87. The van der Waals surface area contributed by atoms with Crippen molar-refractivity contribution in [2.75, 3.05) is 53.7 Å². The number of aliphatic hydroxyl groups excluding tert-OH is 2. The first kappa shape index (κ1) is 26.1. The smallest absolute Gasteiger partial charge is 0.247 e. The summed E-state index contributed by atoms with van der Waals surface area (Å²) in [6.07, 6.45) is 0.712.